The third kappa shape index (κ3) is 3.99. The predicted octanol–water partition coefficient (Wildman–Crippen LogP) is 3.89. The predicted molar refractivity (Wildman–Crippen MR) is 89.2 cm³/mol. The Morgan fingerprint density at radius 1 is 1.24 bits per heavy atom. The third-order valence-electron chi connectivity index (χ3n) is 3.25. The molecule has 0 spiro atoms. The van der Waals surface area contributed by atoms with Crippen molar-refractivity contribution in [1.29, 1.82) is 0 Å². The smallest absolute Gasteiger partial charge is 0.134 e. The second kappa shape index (κ2) is 6.96. The first-order chi connectivity index (χ1) is 10.0. The molecule has 0 radical (unpaired) electrons. The van der Waals surface area contributed by atoms with Crippen LogP contribution in [0.15, 0.2) is 18.2 Å². The Balaban J connectivity index is 2.05. The molecular weight excluding hydrogens is 307 g/mol. The van der Waals surface area contributed by atoms with Gasteiger partial charge in [0.1, 0.15) is 17.5 Å². The van der Waals surface area contributed by atoms with Crippen molar-refractivity contribution in [2.24, 2.45) is 0 Å². The van der Waals surface area contributed by atoms with Gasteiger partial charge in [-0.15, -0.1) is 0 Å². The monoisotopic (exact) mass is 324 g/mol. The van der Waals surface area contributed by atoms with Gasteiger partial charge in [-0.25, -0.2) is 9.97 Å². The summed E-state index contributed by atoms with van der Waals surface area (Å²) in [5, 5.41) is 4.62. The zero-order chi connectivity index (χ0) is 15.4. The number of halogens is 2. The minimum absolute atomic E-state index is 0.522. The number of nitrogens with one attached hydrogen (secondary N) is 1. The van der Waals surface area contributed by atoms with Crippen LogP contribution in [0.3, 0.4) is 0 Å². The summed E-state index contributed by atoms with van der Waals surface area (Å²) < 4.78 is 0. The number of nitrogen functional groups attached to an aromatic ring is 1. The molecule has 0 bridgehead atoms. The molecule has 1 aromatic carbocycles. The molecule has 0 saturated carbocycles. The molecule has 0 amide bonds. The van der Waals surface area contributed by atoms with Crippen LogP contribution in [0.2, 0.25) is 10.0 Å². The van der Waals surface area contributed by atoms with Crippen LogP contribution in [0.4, 0.5) is 11.6 Å². The minimum atomic E-state index is 0.522. The molecule has 4 nitrogen and oxygen atoms in total. The van der Waals surface area contributed by atoms with Crippen LogP contribution >= 0.6 is 23.2 Å². The van der Waals surface area contributed by atoms with Crippen molar-refractivity contribution in [3.05, 3.63) is 45.2 Å². The van der Waals surface area contributed by atoms with Crippen molar-refractivity contribution in [1.82, 2.24) is 9.97 Å². The minimum Gasteiger partial charge on any atom is -0.383 e. The Labute approximate surface area is 134 Å². The zero-order valence-corrected chi connectivity index (χ0v) is 13.6. The highest BCUT2D eigenvalue weighted by atomic mass is 35.5. The Kier molecular flexibility index (Phi) is 5.26. The highest BCUT2D eigenvalue weighted by molar-refractivity contribution is 6.35. The summed E-state index contributed by atoms with van der Waals surface area (Å²) in [5.74, 6) is 2.04. The van der Waals surface area contributed by atoms with Gasteiger partial charge in [-0.3, -0.25) is 0 Å². The van der Waals surface area contributed by atoms with Crippen LogP contribution in [0.25, 0.3) is 0 Å². The Hall–Kier alpha value is -1.52. The highest BCUT2D eigenvalue weighted by Gasteiger charge is 2.08. The molecule has 21 heavy (non-hydrogen) atoms. The van der Waals surface area contributed by atoms with Gasteiger partial charge < -0.3 is 11.1 Å². The summed E-state index contributed by atoms with van der Waals surface area (Å²) in [6.07, 6.45) is 1.53. The fourth-order valence-corrected chi connectivity index (χ4v) is 2.46. The largest absolute Gasteiger partial charge is 0.383 e. The van der Waals surface area contributed by atoms with E-state index in [1.165, 1.54) is 0 Å². The van der Waals surface area contributed by atoms with E-state index in [4.69, 9.17) is 28.9 Å². The normalized spacial score (nSPS) is 10.7. The standard InChI is InChI=1S/C15H18Cl2N4/c1-3-13-20-14(18)9(2)15(21-13)19-7-6-10-4-5-11(16)8-12(10)17/h4-5,8H,3,6-7H2,1-2H3,(H3,18,19,20,21). The van der Waals surface area contributed by atoms with Gasteiger partial charge in [-0.2, -0.15) is 0 Å². The number of rotatable bonds is 5. The fourth-order valence-electron chi connectivity index (χ4n) is 1.95. The van der Waals surface area contributed by atoms with Gasteiger partial charge >= 0.3 is 0 Å². The molecule has 0 unspecified atom stereocenters. The summed E-state index contributed by atoms with van der Waals surface area (Å²) in [7, 11) is 0. The average Bonchev–Trinajstić information content (AvgIpc) is 2.45. The van der Waals surface area contributed by atoms with Crippen molar-refractivity contribution < 1.29 is 0 Å². The summed E-state index contributed by atoms with van der Waals surface area (Å²) in [4.78, 5) is 8.70. The summed E-state index contributed by atoms with van der Waals surface area (Å²) >= 11 is 12.0. The van der Waals surface area contributed by atoms with Crippen LogP contribution in [0.5, 0.6) is 0 Å². The second-order valence-corrected chi connectivity index (χ2v) is 5.61. The summed E-state index contributed by atoms with van der Waals surface area (Å²) in [6, 6.07) is 5.53. The molecule has 2 rings (SSSR count). The van der Waals surface area contributed by atoms with E-state index in [-0.39, 0.29) is 0 Å². The first kappa shape index (κ1) is 15.9. The maximum Gasteiger partial charge on any atom is 0.134 e. The van der Waals surface area contributed by atoms with E-state index < -0.39 is 0 Å². The number of nitrogens with two attached hydrogens (primary N) is 1. The van der Waals surface area contributed by atoms with Crippen LogP contribution in [-0.4, -0.2) is 16.5 Å². The number of nitrogens with zero attached hydrogens (tertiary/aromatic N) is 2. The SMILES string of the molecule is CCc1nc(N)c(C)c(NCCc2ccc(Cl)cc2Cl)n1. The van der Waals surface area contributed by atoms with Gasteiger partial charge in [0.05, 0.1) is 0 Å². The number of benzene rings is 1. The molecule has 112 valence electrons. The molecule has 3 N–H and O–H groups in total. The van der Waals surface area contributed by atoms with Crippen molar-refractivity contribution in [3.63, 3.8) is 0 Å². The Bertz CT molecular complexity index is 644. The Morgan fingerprint density at radius 2 is 2.00 bits per heavy atom. The average molecular weight is 325 g/mol. The van der Waals surface area contributed by atoms with Gasteiger partial charge in [0.25, 0.3) is 0 Å². The first-order valence-corrected chi connectivity index (χ1v) is 7.57. The molecule has 0 aliphatic carbocycles. The van der Waals surface area contributed by atoms with Gasteiger partial charge in [-0.05, 0) is 31.0 Å². The van der Waals surface area contributed by atoms with Crippen molar-refractivity contribution >= 4 is 34.8 Å². The third-order valence-corrected chi connectivity index (χ3v) is 3.83. The van der Waals surface area contributed by atoms with E-state index in [1.807, 2.05) is 26.0 Å². The van der Waals surface area contributed by atoms with E-state index in [9.17, 15) is 0 Å². The van der Waals surface area contributed by atoms with E-state index in [2.05, 4.69) is 15.3 Å². The maximum atomic E-state index is 6.16. The number of hydrogen-bond donors (Lipinski definition) is 2. The molecule has 0 fully saturated rings. The van der Waals surface area contributed by atoms with E-state index in [0.29, 0.717) is 22.4 Å². The quantitative estimate of drug-likeness (QED) is 0.875. The lowest BCUT2D eigenvalue weighted by atomic mass is 10.1. The molecule has 1 aromatic heterocycles. The lowest BCUT2D eigenvalue weighted by molar-refractivity contribution is 0.920. The van der Waals surface area contributed by atoms with Gasteiger partial charge in [-0.1, -0.05) is 36.2 Å². The molecule has 2 aromatic rings. The number of aryl methyl sites for hydroxylation is 1. The molecule has 1 heterocycles. The number of anilines is 2. The second-order valence-electron chi connectivity index (χ2n) is 4.76. The molecule has 0 atom stereocenters. The molecule has 6 heteroatoms. The van der Waals surface area contributed by atoms with Crippen LogP contribution in [0, 0.1) is 6.92 Å². The number of aromatic nitrogens is 2. The lowest BCUT2D eigenvalue weighted by Crippen LogP contribution is -2.12. The molecule has 0 saturated heterocycles. The summed E-state index contributed by atoms with van der Waals surface area (Å²) in [6.45, 7) is 4.62. The van der Waals surface area contributed by atoms with Crippen molar-refractivity contribution in [2.75, 3.05) is 17.6 Å². The Morgan fingerprint density at radius 3 is 2.67 bits per heavy atom. The van der Waals surface area contributed by atoms with E-state index in [1.54, 1.807) is 6.07 Å². The van der Waals surface area contributed by atoms with Crippen LogP contribution < -0.4 is 11.1 Å². The van der Waals surface area contributed by atoms with Crippen molar-refractivity contribution in [3.8, 4) is 0 Å². The highest BCUT2D eigenvalue weighted by Crippen LogP contribution is 2.22. The fraction of sp³-hybridized carbons (Fsp3) is 0.333. The summed E-state index contributed by atoms with van der Waals surface area (Å²) in [5.41, 5.74) is 7.81. The van der Waals surface area contributed by atoms with Gasteiger partial charge in [0.15, 0.2) is 0 Å². The van der Waals surface area contributed by atoms with Gasteiger partial charge in [0, 0.05) is 28.6 Å². The zero-order valence-electron chi connectivity index (χ0n) is 12.1. The van der Waals surface area contributed by atoms with Crippen LogP contribution in [0.1, 0.15) is 23.9 Å². The molecule has 0 aliphatic heterocycles. The van der Waals surface area contributed by atoms with Crippen molar-refractivity contribution in [2.45, 2.75) is 26.7 Å². The first-order valence-electron chi connectivity index (χ1n) is 6.82. The lowest BCUT2D eigenvalue weighted by Gasteiger charge is -2.12. The molecular formula is C15H18Cl2N4. The van der Waals surface area contributed by atoms with Gasteiger partial charge in [0.2, 0.25) is 0 Å². The topological polar surface area (TPSA) is 63.8 Å². The maximum absolute atomic E-state index is 6.16. The van der Waals surface area contributed by atoms with E-state index in [0.717, 1.165) is 35.6 Å². The number of hydrogen-bond acceptors (Lipinski definition) is 4. The van der Waals surface area contributed by atoms with Crippen LogP contribution in [-0.2, 0) is 12.8 Å². The van der Waals surface area contributed by atoms with E-state index >= 15 is 0 Å². The molecule has 0 aliphatic rings.